The molecule has 3 rings (SSSR count). The second kappa shape index (κ2) is 8.42. The van der Waals surface area contributed by atoms with Gasteiger partial charge in [-0.15, -0.1) is 0 Å². The summed E-state index contributed by atoms with van der Waals surface area (Å²) in [4.78, 5) is 4.44. The lowest BCUT2D eigenvalue weighted by atomic mass is 9.95. The number of alkyl halides is 2. The van der Waals surface area contributed by atoms with Crippen LogP contribution in [-0.4, -0.2) is 12.4 Å². The fourth-order valence-corrected chi connectivity index (χ4v) is 2.84. The van der Waals surface area contributed by atoms with E-state index in [4.69, 9.17) is 5.84 Å². The maximum atomic E-state index is 12.7. The van der Waals surface area contributed by atoms with Gasteiger partial charge in [-0.2, -0.15) is 8.78 Å². The molecule has 0 aromatic heterocycles. The van der Waals surface area contributed by atoms with E-state index in [0.29, 0.717) is 5.84 Å². The number of hydrogen-bond acceptors (Lipinski definition) is 3. The largest absolute Gasteiger partial charge is 0.433 e. The summed E-state index contributed by atoms with van der Waals surface area (Å²) >= 11 is 0. The Hall–Kier alpha value is -3.25. The van der Waals surface area contributed by atoms with Crippen molar-refractivity contribution in [3.63, 3.8) is 0 Å². The van der Waals surface area contributed by atoms with Gasteiger partial charge in [-0.05, 0) is 35.7 Å². The van der Waals surface area contributed by atoms with Crippen molar-refractivity contribution < 1.29 is 13.5 Å². The molecule has 6 heteroatoms. The Balaban J connectivity index is 2.11. The zero-order valence-corrected chi connectivity index (χ0v) is 14.7. The van der Waals surface area contributed by atoms with Crippen LogP contribution >= 0.6 is 0 Å². The zero-order valence-electron chi connectivity index (χ0n) is 14.7. The summed E-state index contributed by atoms with van der Waals surface area (Å²) in [6, 6.07) is 21.9. The van der Waals surface area contributed by atoms with Gasteiger partial charge < -0.3 is 10.2 Å². The lowest BCUT2D eigenvalue weighted by molar-refractivity contribution is -0.0494. The summed E-state index contributed by atoms with van der Waals surface area (Å²) in [5.41, 5.74) is 6.66. The van der Waals surface area contributed by atoms with Gasteiger partial charge >= 0.3 is 6.61 Å². The molecular formula is C21H19F2N3O. The topological polar surface area (TPSA) is 59.6 Å². The van der Waals surface area contributed by atoms with Crippen molar-refractivity contribution in [1.82, 2.24) is 5.43 Å². The molecule has 0 aliphatic rings. The molecule has 0 bridgehead atoms. The molecule has 0 aliphatic carbocycles. The number of nitrogens with one attached hydrogen (secondary N) is 1. The van der Waals surface area contributed by atoms with Gasteiger partial charge in [-0.25, -0.2) is 10.8 Å². The van der Waals surface area contributed by atoms with Crippen molar-refractivity contribution >= 4 is 11.5 Å². The van der Waals surface area contributed by atoms with E-state index in [9.17, 15) is 8.78 Å². The Labute approximate surface area is 156 Å². The van der Waals surface area contributed by atoms with Crippen molar-refractivity contribution in [3.05, 3.63) is 83.9 Å². The molecule has 0 saturated carbocycles. The predicted molar refractivity (Wildman–Crippen MR) is 103 cm³/mol. The minimum Gasteiger partial charge on any atom is -0.433 e. The third kappa shape index (κ3) is 4.30. The van der Waals surface area contributed by atoms with E-state index in [1.54, 1.807) is 18.2 Å². The molecule has 3 aromatic rings. The Bertz CT molecular complexity index is 957. The monoisotopic (exact) mass is 367 g/mol. The van der Waals surface area contributed by atoms with Gasteiger partial charge in [0.25, 0.3) is 0 Å². The summed E-state index contributed by atoms with van der Waals surface area (Å²) in [5.74, 6) is 6.05. The van der Waals surface area contributed by atoms with Crippen LogP contribution in [0, 0.1) is 6.92 Å². The molecule has 0 unspecified atom stereocenters. The average Bonchev–Trinajstić information content (AvgIpc) is 2.67. The lowest BCUT2D eigenvalue weighted by Crippen LogP contribution is -2.31. The first kappa shape index (κ1) is 18.5. The number of rotatable bonds is 5. The minimum atomic E-state index is -2.94. The molecule has 0 radical (unpaired) electrons. The van der Waals surface area contributed by atoms with Crippen molar-refractivity contribution in [2.75, 3.05) is 0 Å². The molecule has 0 fully saturated rings. The highest BCUT2D eigenvalue weighted by Gasteiger charge is 2.14. The number of nitrogens with zero attached hydrogens (tertiary/aromatic N) is 1. The highest BCUT2D eigenvalue weighted by molar-refractivity contribution is 6.05. The van der Waals surface area contributed by atoms with Crippen LogP contribution in [0.3, 0.4) is 0 Å². The lowest BCUT2D eigenvalue weighted by Gasteiger charge is -2.14. The SMILES string of the molecule is Cc1ccccc1-c1ccccc1C(=Nc1ccccc1OC(F)F)NN. The molecular weight excluding hydrogens is 348 g/mol. The fourth-order valence-electron chi connectivity index (χ4n) is 2.84. The summed E-state index contributed by atoms with van der Waals surface area (Å²) in [6.07, 6.45) is 0. The molecule has 0 aliphatic heterocycles. The van der Waals surface area contributed by atoms with Gasteiger partial charge in [-0.1, -0.05) is 60.7 Å². The highest BCUT2D eigenvalue weighted by Crippen LogP contribution is 2.31. The number of ether oxygens (including phenoxy) is 1. The number of halogens is 2. The Kier molecular flexibility index (Phi) is 5.78. The average molecular weight is 367 g/mol. The normalized spacial score (nSPS) is 11.5. The van der Waals surface area contributed by atoms with Gasteiger partial charge in [0.2, 0.25) is 0 Å². The minimum absolute atomic E-state index is 0.0198. The first-order chi connectivity index (χ1) is 13.1. The Morgan fingerprint density at radius 3 is 2.26 bits per heavy atom. The summed E-state index contributed by atoms with van der Waals surface area (Å²) in [7, 11) is 0. The van der Waals surface area contributed by atoms with Gasteiger partial charge in [0, 0.05) is 5.56 Å². The molecule has 27 heavy (non-hydrogen) atoms. The van der Waals surface area contributed by atoms with Gasteiger partial charge in [0.05, 0.1) is 0 Å². The molecule has 138 valence electrons. The molecule has 0 atom stereocenters. The predicted octanol–water partition coefficient (Wildman–Crippen LogP) is 4.81. The summed E-state index contributed by atoms with van der Waals surface area (Å²) < 4.78 is 29.9. The van der Waals surface area contributed by atoms with E-state index in [1.807, 2.05) is 55.5 Å². The standard InChI is InChI=1S/C21H19F2N3O/c1-14-8-2-3-9-15(14)16-10-4-5-11-17(16)20(26-24)25-18-12-6-7-13-19(18)27-21(22)23/h2-13,21H,24H2,1H3,(H,25,26). The van der Waals surface area contributed by atoms with E-state index < -0.39 is 6.61 Å². The molecule has 3 N–H and O–H groups in total. The van der Waals surface area contributed by atoms with Crippen LogP contribution in [0.4, 0.5) is 14.5 Å². The van der Waals surface area contributed by atoms with Gasteiger partial charge in [-0.3, -0.25) is 0 Å². The van der Waals surface area contributed by atoms with Crippen molar-refractivity contribution in [2.45, 2.75) is 13.5 Å². The maximum absolute atomic E-state index is 12.7. The quantitative estimate of drug-likeness (QED) is 0.295. The summed E-state index contributed by atoms with van der Waals surface area (Å²) in [6.45, 7) is -0.917. The number of nitrogens with two attached hydrogens (primary N) is 1. The smallest absolute Gasteiger partial charge is 0.387 e. The molecule has 0 amide bonds. The Morgan fingerprint density at radius 2 is 1.56 bits per heavy atom. The first-order valence-electron chi connectivity index (χ1n) is 8.34. The fraction of sp³-hybridized carbons (Fsp3) is 0.0952. The van der Waals surface area contributed by atoms with Crippen LogP contribution < -0.4 is 16.0 Å². The Morgan fingerprint density at radius 1 is 0.926 bits per heavy atom. The van der Waals surface area contributed by atoms with E-state index >= 15 is 0 Å². The zero-order chi connectivity index (χ0) is 19.2. The van der Waals surface area contributed by atoms with Gasteiger partial charge in [0.1, 0.15) is 11.5 Å². The second-order valence-corrected chi connectivity index (χ2v) is 5.81. The molecule has 4 nitrogen and oxygen atoms in total. The van der Waals surface area contributed by atoms with Gasteiger partial charge in [0.15, 0.2) is 5.75 Å². The molecule has 0 spiro atoms. The maximum Gasteiger partial charge on any atom is 0.387 e. The number of aliphatic imine (C=N–C) groups is 1. The third-order valence-electron chi connectivity index (χ3n) is 4.07. The third-order valence-corrected chi connectivity index (χ3v) is 4.07. The van der Waals surface area contributed by atoms with E-state index in [-0.39, 0.29) is 11.4 Å². The number of aryl methyl sites for hydroxylation is 1. The number of amidine groups is 1. The van der Waals surface area contributed by atoms with Crippen molar-refractivity contribution in [3.8, 4) is 16.9 Å². The van der Waals surface area contributed by atoms with Crippen LogP contribution in [-0.2, 0) is 0 Å². The summed E-state index contributed by atoms with van der Waals surface area (Å²) in [5, 5.41) is 0. The number of benzene rings is 3. The second-order valence-electron chi connectivity index (χ2n) is 5.81. The molecule has 0 heterocycles. The number of hydrazine groups is 1. The van der Waals surface area contributed by atoms with Crippen LogP contribution in [0.5, 0.6) is 5.75 Å². The molecule has 0 saturated heterocycles. The molecule has 3 aromatic carbocycles. The van der Waals surface area contributed by atoms with E-state index in [0.717, 1.165) is 22.3 Å². The van der Waals surface area contributed by atoms with Crippen molar-refractivity contribution in [2.24, 2.45) is 10.8 Å². The van der Waals surface area contributed by atoms with Crippen LogP contribution in [0.2, 0.25) is 0 Å². The first-order valence-corrected chi connectivity index (χ1v) is 8.34. The number of hydrogen-bond donors (Lipinski definition) is 2. The van der Waals surface area contributed by atoms with E-state index in [2.05, 4.69) is 15.2 Å². The van der Waals surface area contributed by atoms with Crippen molar-refractivity contribution in [1.29, 1.82) is 0 Å². The highest BCUT2D eigenvalue weighted by atomic mass is 19.3. The van der Waals surface area contributed by atoms with Crippen LogP contribution in [0.25, 0.3) is 11.1 Å². The number of para-hydroxylation sites is 2. The van der Waals surface area contributed by atoms with Crippen LogP contribution in [0.1, 0.15) is 11.1 Å². The van der Waals surface area contributed by atoms with E-state index in [1.165, 1.54) is 6.07 Å². The van der Waals surface area contributed by atoms with Crippen LogP contribution in [0.15, 0.2) is 77.8 Å².